The molecule has 0 bridgehead atoms. The van der Waals surface area contributed by atoms with Crippen LogP contribution in [0.1, 0.15) is 55.6 Å². The lowest BCUT2D eigenvalue weighted by molar-refractivity contribution is 0.0787. The summed E-state index contributed by atoms with van der Waals surface area (Å²) >= 11 is 0. The molecular weight excluding hydrogens is 298 g/mol. The van der Waals surface area contributed by atoms with Gasteiger partial charge in [0.2, 0.25) is 0 Å². The highest BCUT2D eigenvalue weighted by molar-refractivity contribution is 5.92. The lowest BCUT2D eigenvalue weighted by atomic mass is 10.0. The summed E-state index contributed by atoms with van der Waals surface area (Å²) in [7, 11) is 1.82. The summed E-state index contributed by atoms with van der Waals surface area (Å²) < 4.78 is 0. The van der Waals surface area contributed by atoms with Gasteiger partial charge in [-0.15, -0.1) is 0 Å². The van der Waals surface area contributed by atoms with Crippen LogP contribution in [0.4, 0.5) is 11.4 Å². The van der Waals surface area contributed by atoms with Crippen LogP contribution in [0, 0.1) is 0 Å². The van der Waals surface area contributed by atoms with Crippen LogP contribution >= 0.6 is 0 Å². The maximum Gasteiger partial charge on any atom is 0.272 e. The Morgan fingerprint density at radius 2 is 1.96 bits per heavy atom. The highest BCUT2D eigenvalue weighted by Crippen LogP contribution is 2.26. The van der Waals surface area contributed by atoms with Crippen LogP contribution in [0.25, 0.3) is 0 Å². The van der Waals surface area contributed by atoms with Crippen LogP contribution < -0.4 is 5.32 Å². The molecule has 1 heterocycles. The van der Waals surface area contributed by atoms with E-state index >= 15 is 0 Å². The summed E-state index contributed by atoms with van der Waals surface area (Å²) in [4.78, 5) is 18.4. The molecular formula is C20H27N3O. The fourth-order valence-electron chi connectivity index (χ4n) is 2.56. The summed E-state index contributed by atoms with van der Waals surface area (Å²) in [6.07, 6.45) is 3.80. The van der Waals surface area contributed by atoms with Crippen molar-refractivity contribution in [2.45, 2.75) is 39.5 Å². The van der Waals surface area contributed by atoms with E-state index in [0.29, 0.717) is 11.6 Å². The van der Waals surface area contributed by atoms with Gasteiger partial charge in [-0.2, -0.15) is 0 Å². The van der Waals surface area contributed by atoms with Crippen molar-refractivity contribution in [3.8, 4) is 0 Å². The number of hydrogen-bond donors (Lipinski definition) is 1. The molecule has 128 valence electrons. The van der Waals surface area contributed by atoms with Gasteiger partial charge in [-0.25, -0.2) is 4.98 Å². The summed E-state index contributed by atoms with van der Waals surface area (Å²) in [5.74, 6) is 0.410. The molecule has 1 aromatic heterocycles. The third-order valence-corrected chi connectivity index (χ3v) is 4.04. The van der Waals surface area contributed by atoms with E-state index in [2.05, 4.69) is 43.2 Å². The van der Waals surface area contributed by atoms with Gasteiger partial charge in [-0.3, -0.25) is 4.79 Å². The predicted octanol–water partition coefficient (Wildman–Crippen LogP) is 4.82. The van der Waals surface area contributed by atoms with Gasteiger partial charge in [0.15, 0.2) is 0 Å². The van der Waals surface area contributed by atoms with E-state index in [1.165, 1.54) is 5.56 Å². The van der Waals surface area contributed by atoms with Gasteiger partial charge in [-0.1, -0.05) is 45.4 Å². The van der Waals surface area contributed by atoms with E-state index < -0.39 is 0 Å². The average Bonchev–Trinajstić information content (AvgIpc) is 2.60. The molecule has 24 heavy (non-hydrogen) atoms. The Morgan fingerprint density at radius 1 is 1.21 bits per heavy atom. The number of hydrogen-bond acceptors (Lipinski definition) is 3. The van der Waals surface area contributed by atoms with Crippen LogP contribution in [0.2, 0.25) is 0 Å². The van der Waals surface area contributed by atoms with Crippen molar-refractivity contribution in [3.63, 3.8) is 0 Å². The number of unbranched alkanes of at least 4 members (excludes halogenated alkanes) is 1. The maximum atomic E-state index is 12.3. The lowest BCUT2D eigenvalue weighted by Gasteiger charge is -2.17. The molecule has 0 aliphatic carbocycles. The molecule has 1 aromatic carbocycles. The SMILES string of the molecule is CCCCN(C)C(=O)c1ccc(Nc2ccccc2C(C)C)cn1. The van der Waals surface area contributed by atoms with E-state index in [1.54, 1.807) is 17.2 Å². The van der Waals surface area contributed by atoms with Crippen LogP contribution in [-0.2, 0) is 0 Å². The molecule has 4 heteroatoms. The van der Waals surface area contributed by atoms with Crippen LogP contribution in [0.15, 0.2) is 42.6 Å². The zero-order valence-electron chi connectivity index (χ0n) is 15.0. The molecule has 2 rings (SSSR count). The maximum absolute atomic E-state index is 12.3. The Labute approximate surface area is 144 Å². The summed E-state index contributed by atoms with van der Waals surface area (Å²) in [5, 5.41) is 3.40. The van der Waals surface area contributed by atoms with E-state index in [4.69, 9.17) is 0 Å². The number of carbonyl (C=O) groups excluding carboxylic acids is 1. The number of anilines is 2. The van der Waals surface area contributed by atoms with E-state index in [-0.39, 0.29) is 5.91 Å². The van der Waals surface area contributed by atoms with Gasteiger partial charge >= 0.3 is 0 Å². The van der Waals surface area contributed by atoms with Crippen LogP contribution in [-0.4, -0.2) is 29.4 Å². The van der Waals surface area contributed by atoms with Gasteiger partial charge in [0, 0.05) is 19.3 Å². The number of pyridine rings is 1. The average molecular weight is 325 g/mol. The zero-order chi connectivity index (χ0) is 17.5. The molecule has 0 unspecified atom stereocenters. The van der Waals surface area contributed by atoms with E-state index in [0.717, 1.165) is 30.8 Å². The minimum atomic E-state index is -0.0300. The van der Waals surface area contributed by atoms with Crippen molar-refractivity contribution in [1.29, 1.82) is 0 Å². The molecule has 0 saturated carbocycles. The fraction of sp³-hybridized carbons (Fsp3) is 0.400. The first-order chi connectivity index (χ1) is 11.5. The van der Waals surface area contributed by atoms with Crippen molar-refractivity contribution in [2.75, 3.05) is 18.9 Å². The number of nitrogens with zero attached hydrogens (tertiary/aromatic N) is 2. The fourth-order valence-corrected chi connectivity index (χ4v) is 2.56. The molecule has 0 spiro atoms. The molecule has 0 aliphatic heterocycles. The molecule has 0 saturated heterocycles. The highest BCUT2D eigenvalue weighted by Gasteiger charge is 2.12. The number of rotatable bonds is 7. The number of para-hydroxylation sites is 1. The van der Waals surface area contributed by atoms with Gasteiger partial charge in [0.1, 0.15) is 5.69 Å². The zero-order valence-corrected chi connectivity index (χ0v) is 15.0. The second-order valence-corrected chi connectivity index (χ2v) is 6.38. The molecule has 0 atom stereocenters. The second-order valence-electron chi connectivity index (χ2n) is 6.38. The number of aromatic nitrogens is 1. The smallest absolute Gasteiger partial charge is 0.272 e. The monoisotopic (exact) mass is 325 g/mol. The van der Waals surface area contributed by atoms with Crippen LogP contribution in [0.5, 0.6) is 0 Å². The largest absolute Gasteiger partial charge is 0.354 e. The summed E-state index contributed by atoms with van der Waals surface area (Å²) in [6, 6.07) is 11.9. The standard InChI is InChI=1S/C20H27N3O/c1-5-6-13-23(4)20(24)19-12-11-16(14-21-19)22-18-10-8-7-9-17(18)15(2)3/h7-12,14-15,22H,5-6,13H2,1-4H3. The normalized spacial score (nSPS) is 10.7. The molecule has 0 radical (unpaired) electrons. The molecule has 2 aromatic rings. The number of amides is 1. The Balaban J connectivity index is 2.09. The Hall–Kier alpha value is -2.36. The Kier molecular flexibility index (Phi) is 6.36. The van der Waals surface area contributed by atoms with Gasteiger partial charge in [0.25, 0.3) is 5.91 Å². The first-order valence-electron chi connectivity index (χ1n) is 8.60. The van der Waals surface area contributed by atoms with Crippen molar-refractivity contribution >= 4 is 17.3 Å². The number of nitrogens with one attached hydrogen (secondary N) is 1. The third-order valence-electron chi connectivity index (χ3n) is 4.04. The molecule has 1 N–H and O–H groups in total. The topological polar surface area (TPSA) is 45.2 Å². The minimum absolute atomic E-state index is 0.0300. The lowest BCUT2D eigenvalue weighted by Crippen LogP contribution is -2.28. The molecule has 0 fully saturated rings. The second kappa shape index (κ2) is 8.48. The van der Waals surface area contributed by atoms with E-state index in [1.807, 2.05) is 25.2 Å². The quantitative estimate of drug-likeness (QED) is 0.793. The summed E-state index contributed by atoms with van der Waals surface area (Å²) in [5.41, 5.74) is 3.71. The van der Waals surface area contributed by atoms with Gasteiger partial charge < -0.3 is 10.2 Å². The number of carbonyl (C=O) groups is 1. The highest BCUT2D eigenvalue weighted by atomic mass is 16.2. The number of benzene rings is 1. The minimum Gasteiger partial charge on any atom is -0.354 e. The van der Waals surface area contributed by atoms with Crippen molar-refractivity contribution in [3.05, 3.63) is 53.9 Å². The molecule has 0 aliphatic rings. The third kappa shape index (κ3) is 4.57. The van der Waals surface area contributed by atoms with Crippen molar-refractivity contribution in [2.24, 2.45) is 0 Å². The first-order valence-corrected chi connectivity index (χ1v) is 8.60. The first kappa shape index (κ1) is 18.0. The Bertz CT molecular complexity index is 665. The van der Waals surface area contributed by atoms with Gasteiger partial charge in [-0.05, 0) is 36.1 Å². The molecule has 1 amide bonds. The van der Waals surface area contributed by atoms with E-state index in [9.17, 15) is 4.79 Å². The van der Waals surface area contributed by atoms with Crippen molar-refractivity contribution < 1.29 is 4.79 Å². The molecule has 4 nitrogen and oxygen atoms in total. The summed E-state index contributed by atoms with van der Waals surface area (Å²) in [6.45, 7) is 7.23. The predicted molar refractivity (Wildman–Crippen MR) is 99.9 cm³/mol. The van der Waals surface area contributed by atoms with Gasteiger partial charge in [0.05, 0.1) is 11.9 Å². The van der Waals surface area contributed by atoms with Crippen molar-refractivity contribution in [1.82, 2.24) is 9.88 Å². The Morgan fingerprint density at radius 3 is 2.58 bits per heavy atom. The van der Waals surface area contributed by atoms with Crippen LogP contribution in [0.3, 0.4) is 0 Å².